The first kappa shape index (κ1) is 13.0. The molecule has 1 aliphatic rings. The number of nitrogens with one attached hydrogen (secondary N) is 1. The van der Waals surface area contributed by atoms with Crippen molar-refractivity contribution < 1.29 is 19.2 Å². The number of aromatic amines is 1. The third kappa shape index (κ3) is 1.99. The molecule has 0 fully saturated rings. The standard InChI is InChI=1S/C14H11N3O4/c1-7-11(16-8(2)15-7)14(20)21-17-12(18)9-5-3-4-6-10(9)13(17)19/h3-6H,1-2H3,(H,15,16). The SMILES string of the molecule is Cc1nc(C(=O)ON2C(=O)c3ccccc3C2=O)c(C)[nH]1. The van der Waals surface area contributed by atoms with Crippen LogP contribution in [0, 0.1) is 13.8 Å². The van der Waals surface area contributed by atoms with Crippen LogP contribution in [0.5, 0.6) is 0 Å². The van der Waals surface area contributed by atoms with E-state index in [9.17, 15) is 14.4 Å². The molecule has 0 aliphatic carbocycles. The van der Waals surface area contributed by atoms with Crippen molar-refractivity contribution in [3.8, 4) is 0 Å². The van der Waals surface area contributed by atoms with Crippen molar-refractivity contribution in [2.75, 3.05) is 0 Å². The van der Waals surface area contributed by atoms with Gasteiger partial charge in [-0.15, -0.1) is 0 Å². The fraction of sp³-hybridized carbons (Fsp3) is 0.143. The van der Waals surface area contributed by atoms with Crippen LogP contribution in [0.4, 0.5) is 0 Å². The number of fused-ring (bicyclic) bond motifs is 1. The summed E-state index contributed by atoms with van der Waals surface area (Å²) >= 11 is 0. The average Bonchev–Trinajstić information content (AvgIpc) is 2.92. The highest BCUT2D eigenvalue weighted by molar-refractivity contribution is 6.21. The summed E-state index contributed by atoms with van der Waals surface area (Å²) in [7, 11) is 0. The van der Waals surface area contributed by atoms with Gasteiger partial charge >= 0.3 is 5.97 Å². The summed E-state index contributed by atoms with van der Waals surface area (Å²) < 4.78 is 0. The van der Waals surface area contributed by atoms with E-state index in [1.165, 1.54) is 12.1 Å². The van der Waals surface area contributed by atoms with Gasteiger partial charge in [0.25, 0.3) is 11.8 Å². The lowest BCUT2D eigenvalue weighted by atomic mass is 10.1. The molecule has 1 aliphatic heterocycles. The molecule has 1 N–H and O–H groups in total. The molecule has 21 heavy (non-hydrogen) atoms. The molecule has 0 radical (unpaired) electrons. The molecule has 106 valence electrons. The predicted octanol–water partition coefficient (Wildman–Crippen LogP) is 1.39. The van der Waals surface area contributed by atoms with Crippen molar-refractivity contribution >= 4 is 17.8 Å². The van der Waals surface area contributed by atoms with Gasteiger partial charge in [0, 0.05) is 5.69 Å². The van der Waals surface area contributed by atoms with E-state index in [0.29, 0.717) is 16.6 Å². The zero-order valence-electron chi connectivity index (χ0n) is 11.3. The topological polar surface area (TPSA) is 92.4 Å². The number of rotatable bonds is 2. The van der Waals surface area contributed by atoms with Crippen LogP contribution in [0.3, 0.4) is 0 Å². The second-order valence-corrected chi connectivity index (χ2v) is 4.62. The maximum Gasteiger partial charge on any atom is 0.383 e. The molecule has 1 aromatic carbocycles. The molecule has 0 unspecified atom stereocenters. The Morgan fingerprint density at radius 3 is 2.19 bits per heavy atom. The van der Waals surface area contributed by atoms with Gasteiger partial charge in [-0.25, -0.2) is 9.78 Å². The van der Waals surface area contributed by atoms with Crippen LogP contribution in [0.1, 0.15) is 42.7 Å². The van der Waals surface area contributed by atoms with Gasteiger partial charge in [-0.1, -0.05) is 17.2 Å². The Labute approximate surface area is 119 Å². The number of aryl methyl sites for hydroxylation is 2. The summed E-state index contributed by atoms with van der Waals surface area (Å²) in [5, 5.41) is 0.469. The second-order valence-electron chi connectivity index (χ2n) is 4.62. The highest BCUT2D eigenvalue weighted by Gasteiger charge is 2.39. The molecule has 1 aromatic heterocycles. The van der Waals surface area contributed by atoms with Gasteiger partial charge in [0.05, 0.1) is 11.1 Å². The summed E-state index contributed by atoms with van der Waals surface area (Å²) in [6.07, 6.45) is 0. The van der Waals surface area contributed by atoms with Gasteiger partial charge in [0.15, 0.2) is 5.69 Å². The van der Waals surface area contributed by atoms with Gasteiger partial charge < -0.3 is 9.82 Å². The molecule has 7 nitrogen and oxygen atoms in total. The van der Waals surface area contributed by atoms with E-state index in [2.05, 4.69) is 9.97 Å². The average molecular weight is 285 g/mol. The molecule has 0 atom stereocenters. The molecule has 7 heteroatoms. The minimum atomic E-state index is -0.855. The Morgan fingerprint density at radius 2 is 1.71 bits per heavy atom. The Hall–Kier alpha value is -2.96. The highest BCUT2D eigenvalue weighted by Crippen LogP contribution is 2.23. The summed E-state index contributed by atoms with van der Waals surface area (Å²) in [4.78, 5) is 47.9. The maximum absolute atomic E-state index is 12.1. The molecule has 2 heterocycles. The van der Waals surface area contributed by atoms with E-state index in [4.69, 9.17) is 4.84 Å². The van der Waals surface area contributed by atoms with Gasteiger partial charge in [-0.05, 0) is 26.0 Å². The quantitative estimate of drug-likeness (QED) is 0.842. The molecule has 0 bridgehead atoms. The number of H-pyrrole nitrogens is 1. The van der Waals surface area contributed by atoms with Gasteiger partial charge in [0.2, 0.25) is 0 Å². The number of aromatic nitrogens is 2. The van der Waals surface area contributed by atoms with Crippen molar-refractivity contribution in [1.82, 2.24) is 15.0 Å². The summed E-state index contributed by atoms with van der Waals surface area (Å²) in [6.45, 7) is 3.34. The minimum absolute atomic E-state index is 0.0454. The number of carbonyl (C=O) groups is 3. The minimum Gasteiger partial charge on any atom is -0.346 e. The molecule has 2 amide bonds. The number of hydroxylamine groups is 2. The van der Waals surface area contributed by atoms with E-state index < -0.39 is 17.8 Å². The Bertz CT molecular complexity index is 743. The molecular weight excluding hydrogens is 274 g/mol. The Balaban J connectivity index is 1.87. The number of benzene rings is 1. The first-order valence-electron chi connectivity index (χ1n) is 6.22. The summed E-state index contributed by atoms with van der Waals surface area (Å²) in [5.41, 5.74) is 0.980. The third-order valence-electron chi connectivity index (χ3n) is 3.13. The van der Waals surface area contributed by atoms with Gasteiger partial charge in [0.1, 0.15) is 5.82 Å². The van der Waals surface area contributed by atoms with Crippen molar-refractivity contribution in [2.45, 2.75) is 13.8 Å². The molecule has 3 rings (SSSR count). The second kappa shape index (κ2) is 4.55. The Kier molecular flexibility index (Phi) is 2.83. The maximum atomic E-state index is 12.1. The number of imide groups is 1. The van der Waals surface area contributed by atoms with Gasteiger partial charge in [-0.2, -0.15) is 0 Å². The lowest BCUT2D eigenvalue weighted by Crippen LogP contribution is -2.33. The largest absolute Gasteiger partial charge is 0.383 e. The van der Waals surface area contributed by atoms with Crippen LogP contribution in [-0.4, -0.2) is 32.8 Å². The van der Waals surface area contributed by atoms with Crippen LogP contribution >= 0.6 is 0 Å². The van der Waals surface area contributed by atoms with Crippen molar-refractivity contribution in [1.29, 1.82) is 0 Å². The number of hydrogen-bond donors (Lipinski definition) is 1. The zero-order chi connectivity index (χ0) is 15.1. The number of imidazole rings is 1. The van der Waals surface area contributed by atoms with Crippen LogP contribution < -0.4 is 0 Å². The van der Waals surface area contributed by atoms with Crippen LogP contribution in [-0.2, 0) is 4.84 Å². The number of hydrogen-bond acceptors (Lipinski definition) is 5. The van der Waals surface area contributed by atoms with Crippen LogP contribution in [0.2, 0.25) is 0 Å². The summed E-state index contributed by atoms with van der Waals surface area (Å²) in [6, 6.07) is 6.29. The number of amides is 2. The third-order valence-corrected chi connectivity index (χ3v) is 3.13. The zero-order valence-corrected chi connectivity index (χ0v) is 11.3. The molecule has 2 aromatic rings. The first-order chi connectivity index (χ1) is 9.99. The fourth-order valence-corrected chi connectivity index (χ4v) is 2.18. The molecule has 0 saturated carbocycles. The van der Waals surface area contributed by atoms with E-state index in [0.717, 1.165) is 0 Å². The van der Waals surface area contributed by atoms with Gasteiger partial charge in [-0.3, -0.25) is 9.59 Å². The van der Waals surface area contributed by atoms with E-state index in [1.807, 2.05) is 0 Å². The smallest absolute Gasteiger partial charge is 0.346 e. The normalized spacial score (nSPS) is 13.5. The predicted molar refractivity (Wildman–Crippen MR) is 70.4 cm³/mol. The fourth-order valence-electron chi connectivity index (χ4n) is 2.18. The van der Waals surface area contributed by atoms with E-state index in [-0.39, 0.29) is 16.8 Å². The summed E-state index contributed by atoms with van der Waals surface area (Å²) in [5.74, 6) is -1.63. The Morgan fingerprint density at radius 1 is 1.14 bits per heavy atom. The lowest BCUT2D eigenvalue weighted by Gasteiger charge is -2.11. The monoisotopic (exact) mass is 285 g/mol. The lowest BCUT2D eigenvalue weighted by molar-refractivity contribution is -0.0588. The number of carbonyl (C=O) groups excluding carboxylic acids is 3. The van der Waals surface area contributed by atoms with Crippen molar-refractivity contribution in [2.24, 2.45) is 0 Å². The first-order valence-corrected chi connectivity index (χ1v) is 6.22. The van der Waals surface area contributed by atoms with E-state index in [1.54, 1.807) is 26.0 Å². The molecular formula is C14H11N3O4. The van der Waals surface area contributed by atoms with E-state index >= 15 is 0 Å². The van der Waals surface area contributed by atoms with Crippen LogP contribution in [0.25, 0.3) is 0 Å². The van der Waals surface area contributed by atoms with Crippen molar-refractivity contribution in [3.05, 3.63) is 52.6 Å². The van der Waals surface area contributed by atoms with Crippen LogP contribution in [0.15, 0.2) is 24.3 Å². The molecule has 0 saturated heterocycles. The number of nitrogens with zero attached hydrogens (tertiary/aromatic N) is 2. The van der Waals surface area contributed by atoms with Crippen molar-refractivity contribution in [3.63, 3.8) is 0 Å². The highest BCUT2D eigenvalue weighted by atomic mass is 16.7. The molecule has 0 spiro atoms.